The SMILES string of the molecule is CCOC(=O)C(C)Oc1ccc(C(C)=O)cc1F. The first-order valence-corrected chi connectivity index (χ1v) is 5.59. The second-order valence-electron chi connectivity index (χ2n) is 3.71. The highest BCUT2D eigenvalue weighted by Crippen LogP contribution is 2.20. The molecule has 0 N–H and O–H groups in total. The van der Waals surface area contributed by atoms with Crippen molar-refractivity contribution >= 4 is 11.8 Å². The van der Waals surface area contributed by atoms with E-state index in [1.165, 1.54) is 26.0 Å². The van der Waals surface area contributed by atoms with E-state index in [4.69, 9.17) is 9.47 Å². The summed E-state index contributed by atoms with van der Waals surface area (Å²) in [6.45, 7) is 4.72. The van der Waals surface area contributed by atoms with Crippen LogP contribution in [0.4, 0.5) is 4.39 Å². The molecule has 0 aromatic heterocycles. The Morgan fingerprint density at radius 2 is 2.06 bits per heavy atom. The van der Waals surface area contributed by atoms with Crippen LogP contribution >= 0.6 is 0 Å². The molecule has 1 rings (SSSR count). The van der Waals surface area contributed by atoms with Gasteiger partial charge in [0, 0.05) is 5.56 Å². The van der Waals surface area contributed by atoms with Gasteiger partial charge in [-0.15, -0.1) is 0 Å². The molecule has 0 saturated carbocycles. The van der Waals surface area contributed by atoms with Crippen molar-refractivity contribution < 1.29 is 23.5 Å². The maximum absolute atomic E-state index is 13.6. The Balaban J connectivity index is 2.79. The molecule has 0 amide bonds. The van der Waals surface area contributed by atoms with E-state index in [0.29, 0.717) is 0 Å². The van der Waals surface area contributed by atoms with Crippen LogP contribution in [0.15, 0.2) is 18.2 Å². The lowest BCUT2D eigenvalue weighted by Gasteiger charge is -2.14. The van der Waals surface area contributed by atoms with Crippen molar-refractivity contribution in [1.82, 2.24) is 0 Å². The summed E-state index contributed by atoms with van der Waals surface area (Å²) in [6, 6.07) is 3.84. The van der Waals surface area contributed by atoms with Crippen LogP contribution in [0.3, 0.4) is 0 Å². The second kappa shape index (κ2) is 6.14. The first-order chi connectivity index (χ1) is 8.45. The molecule has 0 fully saturated rings. The molecule has 1 atom stereocenters. The monoisotopic (exact) mass is 254 g/mol. The third kappa shape index (κ3) is 3.55. The number of carbonyl (C=O) groups excluding carboxylic acids is 2. The largest absolute Gasteiger partial charge is 0.476 e. The number of benzene rings is 1. The number of rotatable bonds is 5. The molecule has 1 unspecified atom stereocenters. The van der Waals surface area contributed by atoms with Crippen molar-refractivity contribution in [1.29, 1.82) is 0 Å². The molecule has 18 heavy (non-hydrogen) atoms. The lowest BCUT2D eigenvalue weighted by molar-refractivity contribution is -0.150. The molecule has 0 aliphatic rings. The van der Waals surface area contributed by atoms with Gasteiger partial charge in [-0.3, -0.25) is 4.79 Å². The fourth-order valence-electron chi connectivity index (χ4n) is 1.31. The quantitative estimate of drug-likeness (QED) is 0.598. The molecule has 0 saturated heterocycles. The van der Waals surface area contributed by atoms with Crippen molar-refractivity contribution in [3.63, 3.8) is 0 Å². The zero-order valence-electron chi connectivity index (χ0n) is 10.5. The topological polar surface area (TPSA) is 52.6 Å². The van der Waals surface area contributed by atoms with E-state index < -0.39 is 17.9 Å². The van der Waals surface area contributed by atoms with E-state index in [2.05, 4.69) is 0 Å². The highest BCUT2D eigenvalue weighted by Gasteiger charge is 2.18. The molecule has 0 aliphatic carbocycles. The summed E-state index contributed by atoms with van der Waals surface area (Å²) in [4.78, 5) is 22.4. The molecule has 0 bridgehead atoms. The van der Waals surface area contributed by atoms with Gasteiger partial charge in [-0.2, -0.15) is 0 Å². The Bertz CT molecular complexity index is 456. The minimum absolute atomic E-state index is 0.0828. The highest BCUT2D eigenvalue weighted by molar-refractivity contribution is 5.94. The molecular formula is C13H15FO4. The van der Waals surface area contributed by atoms with Gasteiger partial charge in [0.05, 0.1) is 6.61 Å². The number of esters is 1. The number of carbonyl (C=O) groups is 2. The molecular weight excluding hydrogens is 239 g/mol. The van der Waals surface area contributed by atoms with Gasteiger partial charge in [-0.05, 0) is 39.0 Å². The maximum atomic E-state index is 13.6. The Kier molecular flexibility index (Phi) is 4.83. The van der Waals surface area contributed by atoms with Gasteiger partial charge >= 0.3 is 5.97 Å². The van der Waals surface area contributed by atoms with Gasteiger partial charge in [-0.1, -0.05) is 0 Å². The van der Waals surface area contributed by atoms with Crippen molar-refractivity contribution in [2.24, 2.45) is 0 Å². The Morgan fingerprint density at radius 1 is 1.39 bits per heavy atom. The molecule has 0 spiro atoms. The van der Waals surface area contributed by atoms with E-state index in [9.17, 15) is 14.0 Å². The highest BCUT2D eigenvalue weighted by atomic mass is 19.1. The van der Waals surface area contributed by atoms with Crippen LogP contribution in [-0.4, -0.2) is 24.5 Å². The van der Waals surface area contributed by atoms with Crippen LogP contribution in [0.5, 0.6) is 5.75 Å². The standard InChI is InChI=1S/C13H15FO4/c1-4-17-13(16)9(3)18-12-6-5-10(8(2)15)7-11(12)14/h5-7,9H,4H2,1-3H3. The third-order valence-corrected chi connectivity index (χ3v) is 2.26. The Morgan fingerprint density at radius 3 is 2.56 bits per heavy atom. The number of hydrogen-bond acceptors (Lipinski definition) is 4. The summed E-state index contributed by atoms with van der Waals surface area (Å²) in [7, 11) is 0. The van der Waals surface area contributed by atoms with Crippen LogP contribution in [-0.2, 0) is 9.53 Å². The van der Waals surface area contributed by atoms with Crippen LogP contribution in [0, 0.1) is 5.82 Å². The van der Waals surface area contributed by atoms with E-state index >= 15 is 0 Å². The first kappa shape index (κ1) is 14.2. The van der Waals surface area contributed by atoms with Crippen LogP contribution in [0.1, 0.15) is 31.1 Å². The average Bonchev–Trinajstić information content (AvgIpc) is 2.31. The average molecular weight is 254 g/mol. The Labute approximate surface area is 105 Å². The van der Waals surface area contributed by atoms with Gasteiger partial charge in [-0.25, -0.2) is 9.18 Å². The summed E-state index contributed by atoms with van der Waals surface area (Å²) in [6.07, 6.45) is -0.900. The van der Waals surface area contributed by atoms with Gasteiger partial charge in [0.2, 0.25) is 0 Å². The zero-order chi connectivity index (χ0) is 13.7. The van der Waals surface area contributed by atoms with Gasteiger partial charge in [0.15, 0.2) is 23.5 Å². The van der Waals surface area contributed by atoms with Gasteiger partial charge in [0.25, 0.3) is 0 Å². The number of Topliss-reactive ketones (excluding diaryl/α,β-unsaturated/α-hetero) is 1. The summed E-state index contributed by atoms with van der Waals surface area (Å²) >= 11 is 0. The third-order valence-electron chi connectivity index (χ3n) is 2.26. The van der Waals surface area contributed by atoms with E-state index in [0.717, 1.165) is 6.07 Å². The fourth-order valence-corrected chi connectivity index (χ4v) is 1.31. The van der Waals surface area contributed by atoms with Gasteiger partial charge in [0.1, 0.15) is 0 Å². The normalized spacial score (nSPS) is 11.8. The Hall–Kier alpha value is -1.91. The van der Waals surface area contributed by atoms with Crippen molar-refractivity contribution in [2.45, 2.75) is 26.9 Å². The second-order valence-corrected chi connectivity index (χ2v) is 3.71. The summed E-state index contributed by atoms with van der Waals surface area (Å²) in [5.74, 6) is -1.56. The number of ketones is 1. The molecule has 0 aliphatic heterocycles. The summed E-state index contributed by atoms with van der Waals surface area (Å²) in [5.41, 5.74) is 0.253. The van der Waals surface area contributed by atoms with Crippen molar-refractivity contribution in [3.05, 3.63) is 29.6 Å². The number of hydrogen-bond donors (Lipinski definition) is 0. The zero-order valence-corrected chi connectivity index (χ0v) is 10.5. The molecule has 4 nitrogen and oxygen atoms in total. The predicted octanol–water partition coefficient (Wildman–Crippen LogP) is 2.36. The van der Waals surface area contributed by atoms with Crippen LogP contribution in [0.2, 0.25) is 0 Å². The van der Waals surface area contributed by atoms with Crippen LogP contribution < -0.4 is 4.74 Å². The van der Waals surface area contributed by atoms with Crippen molar-refractivity contribution in [2.75, 3.05) is 6.61 Å². The number of halogens is 1. The molecule has 1 aromatic carbocycles. The minimum atomic E-state index is -0.900. The first-order valence-electron chi connectivity index (χ1n) is 5.59. The molecule has 0 heterocycles. The van der Waals surface area contributed by atoms with Gasteiger partial charge < -0.3 is 9.47 Å². The summed E-state index contributed by atoms with van der Waals surface area (Å²) < 4.78 is 23.5. The maximum Gasteiger partial charge on any atom is 0.347 e. The lowest BCUT2D eigenvalue weighted by Crippen LogP contribution is -2.26. The van der Waals surface area contributed by atoms with Crippen LogP contribution in [0.25, 0.3) is 0 Å². The van der Waals surface area contributed by atoms with E-state index in [-0.39, 0.29) is 23.7 Å². The fraction of sp³-hybridized carbons (Fsp3) is 0.385. The van der Waals surface area contributed by atoms with E-state index in [1.54, 1.807) is 6.92 Å². The molecule has 5 heteroatoms. The molecule has 0 radical (unpaired) electrons. The van der Waals surface area contributed by atoms with Crippen molar-refractivity contribution in [3.8, 4) is 5.75 Å². The number of ether oxygens (including phenoxy) is 2. The minimum Gasteiger partial charge on any atom is -0.476 e. The summed E-state index contributed by atoms with van der Waals surface area (Å²) in [5, 5.41) is 0. The smallest absolute Gasteiger partial charge is 0.347 e. The lowest BCUT2D eigenvalue weighted by atomic mass is 10.1. The molecule has 1 aromatic rings. The predicted molar refractivity (Wildman–Crippen MR) is 63.1 cm³/mol. The molecule has 98 valence electrons. The van der Waals surface area contributed by atoms with E-state index in [1.807, 2.05) is 0 Å².